The van der Waals surface area contributed by atoms with Crippen molar-refractivity contribution in [2.45, 2.75) is 6.54 Å². The molecule has 4 aromatic rings. The lowest BCUT2D eigenvalue weighted by Gasteiger charge is -2.09. The summed E-state index contributed by atoms with van der Waals surface area (Å²) < 4.78 is 10.7. The molecule has 1 amide bonds. The zero-order chi connectivity index (χ0) is 20.3. The number of hydrogen-bond donors (Lipinski definition) is 2. The summed E-state index contributed by atoms with van der Waals surface area (Å²) in [6, 6.07) is 18.8. The zero-order valence-electron chi connectivity index (χ0n) is 16.0. The van der Waals surface area contributed by atoms with E-state index in [4.69, 9.17) is 9.47 Å². The van der Waals surface area contributed by atoms with E-state index < -0.39 is 0 Å². The van der Waals surface area contributed by atoms with Crippen molar-refractivity contribution in [2.24, 2.45) is 0 Å². The van der Waals surface area contributed by atoms with Crippen molar-refractivity contribution < 1.29 is 14.3 Å². The van der Waals surface area contributed by atoms with Crippen LogP contribution < -0.4 is 20.1 Å². The van der Waals surface area contributed by atoms with Crippen LogP contribution in [0.1, 0.15) is 16.1 Å². The summed E-state index contributed by atoms with van der Waals surface area (Å²) in [7, 11) is 0. The molecule has 7 nitrogen and oxygen atoms in total. The molecule has 1 aliphatic rings. The first kappa shape index (κ1) is 17.9. The van der Waals surface area contributed by atoms with Crippen LogP contribution in [0.25, 0.3) is 10.9 Å². The van der Waals surface area contributed by atoms with Gasteiger partial charge in [-0.1, -0.05) is 24.3 Å². The van der Waals surface area contributed by atoms with Gasteiger partial charge >= 0.3 is 0 Å². The van der Waals surface area contributed by atoms with Crippen molar-refractivity contribution in [1.82, 2.24) is 9.97 Å². The molecule has 148 valence electrons. The van der Waals surface area contributed by atoms with E-state index in [-0.39, 0.29) is 12.7 Å². The molecule has 5 rings (SSSR count). The molecule has 0 unspecified atom stereocenters. The monoisotopic (exact) mass is 398 g/mol. The maximum atomic E-state index is 12.6. The number of amides is 1. The van der Waals surface area contributed by atoms with Crippen LogP contribution in [0.2, 0.25) is 0 Å². The highest BCUT2D eigenvalue weighted by atomic mass is 16.7. The van der Waals surface area contributed by atoms with Crippen molar-refractivity contribution in [2.75, 3.05) is 17.4 Å². The standard InChI is InChI=1S/C23H18N4O3/c28-23(27-18-5-1-3-16-4-2-10-24-22(16)18)19-8-7-17(13-26-19)25-12-15-6-9-20-21(11-15)30-14-29-20/h1-11,13,25H,12,14H2,(H,27,28). The summed E-state index contributed by atoms with van der Waals surface area (Å²) in [5, 5.41) is 7.15. The number of rotatable bonds is 5. The number of carbonyl (C=O) groups excluding carboxylic acids is 1. The molecule has 2 aromatic carbocycles. The van der Waals surface area contributed by atoms with Crippen molar-refractivity contribution >= 4 is 28.2 Å². The molecule has 0 saturated carbocycles. The molecule has 2 N–H and O–H groups in total. The number of hydrogen-bond acceptors (Lipinski definition) is 6. The number of para-hydroxylation sites is 1. The maximum absolute atomic E-state index is 12.6. The van der Waals surface area contributed by atoms with Gasteiger partial charge in [-0.15, -0.1) is 0 Å². The number of pyridine rings is 2. The SMILES string of the molecule is O=C(Nc1cccc2cccnc12)c1ccc(NCc2ccc3c(c2)OCO3)cn1. The lowest BCUT2D eigenvalue weighted by Crippen LogP contribution is -2.14. The van der Waals surface area contributed by atoms with Crippen LogP contribution in [-0.4, -0.2) is 22.7 Å². The normalized spacial score (nSPS) is 12.0. The minimum absolute atomic E-state index is 0.258. The van der Waals surface area contributed by atoms with Gasteiger partial charge < -0.3 is 20.1 Å². The number of benzene rings is 2. The number of carbonyl (C=O) groups is 1. The topological polar surface area (TPSA) is 85.4 Å². The molecule has 0 bridgehead atoms. The molecule has 2 aromatic heterocycles. The third-order valence-corrected chi connectivity index (χ3v) is 4.81. The Morgan fingerprint density at radius 1 is 0.967 bits per heavy atom. The minimum atomic E-state index is -0.282. The summed E-state index contributed by atoms with van der Waals surface area (Å²) in [4.78, 5) is 21.2. The average molecular weight is 398 g/mol. The highest BCUT2D eigenvalue weighted by molar-refractivity contribution is 6.07. The van der Waals surface area contributed by atoms with E-state index in [1.54, 1.807) is 18.5 Å². The largest absolute Gasteiger partial charge is 0.454 e. The van der Waals surface area contributed by atoms with Crippen LogP contribution in [0.4, 0.5) is 11.4 Å². The van der Waals surface area contributed by atoms with Crippen LogP contribution in [0.5, 0.6) is 11.5 Å². The zero-order valence-corrected chi connectivity index (χ0v) is 16.0. The van der Waals surface area contributed by atoms with Crippen molar-refractivity contribution in [3.8, 4) is 11.5 Å². The predicted octanol–water partition coefficient (Wildman–Crippen LogP) is 4.22. The summed E-state index contributed by atoms with van der Waals surface area (Å²) in [6.45, 7) is 0.861. The third-order valence-electron chi connectivity index (χ3n) is 4.81. The molecule has 0 spiro atoms. The van der Waals surface area contributed by atoms with E-state index in [9.17, 15) is 4.79 Å². The van der Waals surface area contributed by atoms with Gasteiger partial charge in [0.05, 0.1) is 23.1 Å². The third kappa shape index (κ3) is 3.60. The van der Waals surface area contributed by atoms with Gasteiger partial charge in [0.15, 0.2) is 11.5 Å². The van der Waals surface area contributed by atoms with E-state index >= 15 is 0 Å². The van der Waals surface area contributed by atoms with E-state index in [1.165, 1.54) is 0 Å². The number of nitrogens with zero attached hydrogens (tertiary/aromatic N) is 2. The van der Waals surface area contributed by atoms with Gasteiger partial charge in [0.2, 0.25) is 6.79 Å². The van der Waals surface area contributed by atoms with Crippen LogP contribution in [0.15, 0.2) is 73.1 Å². The molecule has 0 radical (unpaired) electrons. The number of aromatic nitrogens is 2. The summed E-state index contributed by atoms with van der Waals surface area (Å²) in [6.07, 6.45) is 3.35. The molecule has 30 heavy (non-hydrogen) atoms. The number of fused-ring (bicyclic) bond motifs is 2. The van der Waals surface area contributed by atoms with Gasteiger partial charge in [0.1, 0.15) is 5.69 Å². The van der Waals surface area contributed by atoms with E-state index in [1.807, 2.05) is 54.6 Å². The fraction of sp³-hybridized carbons (Fsp3) is 0.0870. The van der Waals surface area contributed by atoms with Gasteiger partial charge in [-0.05, 0) is 42.0 Å². The molecular weight excluding hydrogens is 380 g/mol. The van der Waals surface area contributed by atoms with Gasteiger partial charge in [-0.2, -0.15) is 0 Å². The van der Waals surface area contributed by atoms with Gasteiger partial charge in [0.25, 0.3) is 5.91 Å². The highest BCUT2D eigenvalue weighted by Gasteiger charge is 2.13. The second-order valence-electron chi connectivity index (χ2n) is 6.81. The van der Waals surface area contributed by atoms with Crippen LogP contribution >= 0.6 is 0 Å². The van der Waals surface area contributed by atoms with Crippen molar-refractivity contribution in [3.05, 3.63) is 84.3 Å². The Hall–Kier alpha value is -4.13. The molecule has 1 aliphatic heterocycles. The van der Waals surface area contributed by atoms with Gasteiger partial charge in [0, 0.05) is 18.1 Å². The number of ether oxygens (including phenoxy) is 2. The fourth-order valence-electron chi connectivity index (χ4n) is 3.28. The maximum Gasteiger partial charge on any atom is 0.274 e. The van der Waals surface area contributed by atoms with Gasteiger partial charge in [-0.25, -0.2) is 4.98 Å². The molecule has 7 heteroatoms. The first-order valence-corrected chi connectivity index (χ1v) is 9.50. The Balaban J connectivity index is 1.25. The molecule has 3 heterocycles. The highest BCUT2D eigenvalue weighted by Crippen LogP contribution is 2.32. The van der Waals surface area contributed by atoms with Crippen LogP contribution in [0, 0.1) is 0 Å². The molecule has 0 atom stereocenters. The van der Waals surface area contributed by atoms with E-state index in [2.05, 4.69) is 20.6 Å². The summed E-state index contributed by atoms with van der Waals surface area (Å²) in [5.74, 6) is 1.23. The molecular formula is C23H18N4O3. The number of nitrogens with one attached hydrogen (secondary N) is 2. The Bertz CT molecular complexity index is 1220. The first-order valence-electron chi connectivity index (χ1n) is 9.50. The lowest BCUT2D eigenvalue weighted by atomic mass is 10.2. The first-order chi connectivity index (χ1) is 14.8. The molecule has 0 aliphatic carbocycles. The quantitative estimate of drug-likeness (QED) is 0.524. The Morgan fingerprint density at radius 3 is 2.77 bits per heavy atom. The molecule has 0 fully saturated rings. The minimum Gasteiger partial charge on any atom is -0.454 e. The van der Waals surface area contributed by atoms with E-state index in [0.717, 1.165) is 33.7 Å². The Kier molecular flexibility index (Phi) is 4.61. The second-order valence-corrected chi connectivity index (χ2v) is 6.81. The molecule has 0 saturated heterocycles. The average Bonchev–Trinajstić information content (AvgIpc) is 3.26. The predicted molar refractivity (Wildman–Crippen MR) is 114 cm³/mol. The Morgan fingerprint density at radius 2 is 1.87 bits per heavy atom. The number of anilines is 2. The second kappa shape index (κ2) is 7.71. The Labute approximate surface area is 172 Å². The van der Waals surface area contributed by atoms with Crippen LogP contribution in [-0.2, 0) is 6.54 Å². The smallest absolute Gasteiger partial charge is 0.274 e. The fourth-order valence-corrected chi connectivity index (χ4v) is 3.28. The summed E-state index contributed by atoms with van der Waals surface area (Å²) in [5.41, 5.74) is 3.61. The van der Waals surface area contributed by atoms with Crippen LogP contribution in [0.3, 0.4) is 0 Å². The lowest BCUT2D eigenvalue weighted by molar-refractivity contribution is 0.102. The van der Waals surface area contributed by atoms with Gasteiger partial charge in [-0.3, -0.25) is 9.78 Å². The van der Waals surface area contributed by atoms with Crippen molar-refractivity contribution in [3.63, 3.8) is 0 Å². The van der Waals surface area contributed by atoms with E-state index in [0.29, 0.717) is 17.9 Å². The summed E-state index contributed by atoms with van der Waals surface area (Å²) >= 11 is 0. The van der Waals surface area contributed by atoms with Crippen molar-refractivity contribution in [1.29, 1.82) is 0 Å².